The Bertz CT molecular complexity index is 1150. The largest absolute Gasteiger partial charge is 0.495 e. The Kier molecular flexibility index (Phi) is 4.60. The Morgan fingerprint density at radius 1 is 0.897 bits per heavy atom. The van der Waals surface area contributed by atoms with Crippen molar-refractivity contribution < 1.29 is 19.1 Å². The second-order valence-corrected chi connectivity index (χ2v) is 6.70. The molecule has 0 aromatic heterocycles. The third-order valence-corrected chi connectivity index (χ3v) is 4.76. The van der Waals surface area contributed by atoms with Crippen molar-refractivity contribution in [3.63, 3.8) is 0 Å². The number of carbonyl (C=O) groups is 3. The number of methoxy groups -OCH3 is 1. The highest BCUT2D eigenvalue weighted by atomic mass is 16.5. The average Bonchev–Trinajstić information content (AvgIpc) is 2.98. The number of imide groups is 1. The molecule has 3 aromatic rings. The zero-order chi connectivity index (χ0) is 20.5. The van der Waals surface area contributed by atoms with E-state index in [2.05, 4.69) is 5.32 Å². The maximum atomic E-state index is 12.9. The van der Waals surface area contributed by atoms with Gasteiger partial charge in [-0.2, -0.15) is 0 Å². The highest BCUT2D eigenvalue weighted by Gasteiger charge is 2.37. The first-order chi connectivity index (χ1) is 14.0. The smallest absolute Gasteiger partial charge is 0.266 e. The van der Waals surface area contributed by atoms with Gasteiger partial charge in [0.25, 0.3) is 17.7 Å². The Hall–Kier alpha value is -3.93. The first kappa shape index (κ1) is 18.4. The number of para-hydroxylation sites is 2. The lowest BCUT2D eigenvalue weighted by molar-refractivity contribution is 0.0925. The highest BCUT2D eigenvalue weighted by Crippen LogP contribution is 2.30. The standard InChI is InChI=1S/C23H18N2O4/c1-14-6-5-7-16(12-14)25-22(27)17-11-10-15(13-18(17)23(25)28)21(26)24-19-8-3-4-9-20(19)29-2/h3-13H,1-2H3,(H,24,26). The number of anilines is 2. The lowest BCUT2D eigenvalue weighted by Crippen LogP contribution is -2.29. The Balaban J connectivity index is 1.64. The molecule has 0 radical (unpaired) electrons. The first-order valence-corrected chi connectivity index (χ1v) is 9.03. The molecule has 0 spiro atoms. The second-order valence-electron chi connectivity index (χ2n) is 6.70. The van der Waals surface area contributed by atoms with Crippen molar-refractivity contribution in [3.8, 4) is 5.75 Å². The summed E-state index contributed by atoms with van der Waals surface area (Å²) in [5.74, 6) is -0.708. The van der Waals surface area contributed by atoms with E-state index >= 15 is 0 Å². The minimum Gasteiger partial charge on any atom is -0.495 e. The minimum absolute atomic E-state index is 0.212. The number of benzene rings is 3. The van der Waals surface area contributed by atoms with Gasteiger partial charge in [0, 0.05) is 5.56 Å². The molecule has 29 heavy (non-hydrogen) atoms. The zero-order valence-electron chi connectivity index (χ0n) is 15.9. The summed E-state index contributed by atoms with van der Waals surface area (Å²) in [4.78, 5) is 39.5. The summed E-state index contributed by atoms with van der Waals surface area (Å²) in [6.07, 6.45) is 0. The van der Waals surface area contributed by atoms with Gasteiger partial charge in [-0.3, -0.25) is 14.4 Å². The Morgan fingerprint density at radius 2 is 1.66 bits per heavy atom. The van der Waals surface area contributed by atoms with Crippen LogP contribution in [0.15, 0.2) is 66.7 Å². The molecule has 1 heterocycles. The van der Waals surface area contributed by atoms with Crippen LogP contribution in [0, 0.1) is 6.92 Å². The average molecular weight is 386 g/mol. The fourth-order valence-corrected chi connectivity index (χ4v) is 3.33. The van der Waals surface area contributed by atoms with Crippen LogP contribution in [0.3, 0.4) is 0 Å². The van der Waals surface area contributed by atoms with E-state index in [1.165, 1.54) is 25.3 Å². The van der Waals surface area contributed by atoms with Crippen LogP contribution in [0.25, 0.3) is 0 Å². The normalized spacial score (nSPS) is 12.7. The Labute approximate surface area is 167 Å². The van der Waals surface area contributed by atoms with Crippen molar-refractivity contribution in [1.82, 2.24) is 0 Å². The predicted octanol–water partition coefficient (Wildman–Crippen LogP) is 4.06. The van der Waals surface area contributed by atoms with Crippen LogP contribution < -0.4 is 15.0 Å². The molecule has 1 aliphatic heterocycles. The number of hydrogen-bond acceptors (Lipinski definition) is 4. The van der Waals surface area contributed by atoms with Gasteiger partial charge in [-0.05, 0) is 55.0 Å². The molecule has 0 atom stereocenters. The van der Waals surface area contributed by atoms with Crippen LogP contribution in [0.2, 0.25) is 0 Å². The van der Waals surface area contributed by atoms with Crippen molar-refractivity contribution in [2.24, 2.45) is 0 Å². The highest BCUT2D eigenvalue weighted by molar-refractivity contribution is 6.34. The molecular weight excluding hydrogens is 368 g/mol. The fraction of sp³-hybridized carbons (Fsp3) is 0.0870. The van der Waals surface area contributed by atoms with Crippen molar-refractivity contribution in [2.75, 3.05) is 17.3 Å². The number of hydrogen-bond donors (Lipinski definition) is 1. The molecule has 0 fully saturated rings. The molecule has 0 saturated heterocycles. The van der Waals surface area contributed by atoms with Gasteiger partial charge in [-0.15, -0.1) is 0 Å². The van der Waals surface area contributed by atoms with Gasteiger partial charge in [0.2, 0.25) is 0 Å². The number of fused-ring (bicyclic) bond motifs is 1. The third kappa shape index (κ3) is 3.25. The van der Waals surface area contributed by atoms with Gasteiger partial charge in [0.05, 0.1) is 29.6 Å². The van der Waals surface area contributed by atoms with Crippen LogP contribution in [0.4, 0.5) is 11.4 Å². The summed E-state index contributed by atoms with van der Waals surface area (Å²) in [5.41, 5.74) is 2.74. The quantitative estimate of drug-likeness (QED) is 0.686. The molecule has 1 N–H and O–H groups in total. The molecule has 144 valence electrons. The topological polar surface area (TPSA) is 75.7 Å². The lowest BCUT2D eigenvalue weighted by atomic mass is 10.1. The molecule has 6 nitrogen and oxygen atoms in total. The number of nitrogens with zero attached hydrogens (tertiary/aromatic N) is 1. The maximum absolute atomic E-state index is 12.9. The molecule has 0 aliphatic carbocycles. The van der Waals surface area contributed by atoms with E-state index in [0.717, 1.165) is 10.5 Å². The summed E-state index contributed by atoms with van der Waals surface area (Å²) in [6, 6.07) is 18.7. The third-order valence-electron chi connectivity index (χ3n) is 4.76. The van der Waals surface area contributed by atoms with Crippen molar-refractivity contribution >= 4 is 29.1 Å². The molecule has 4 rings (SSSR count). The van der Waals surface area contributed by atoms with E-state index in [4.69, 9.17) is 4.74 Å². The van der Waals surface area contributed by atoms with Crippen LogP contribution in [0.1, 0.15) is 36.6 Å². The predicted molar refractivity (Wildman–Crippen MR) is 110 cm³/mol. The zero-order valence-corrected chi connectivity index (χ0v) is 15.9. The van der Waals surface area contributed by atoms with Crippen LogP contribution in [-0.4, -0.2) is 24.8 Å². The number of aryl methyl sites for hydroxylation is 1. The van der Waals surface area contributed by atoms with Gasteiger partial charge in [-0.25, -0.2) is 4.90 Å². The molecular formula is C23H18N2O4. The van der Waals surface area contributed by atoms with Gasteiger partial charge in [0.1, 0.15) is 5.75 Å². The van der Waals surface area contributed by atoms with Crippen molar-refractivity contribution in [3.05, 3.63) is 89.0 Å². The van der Waals surface area contributed by atoms with E-state index in [9.17, 15) is 14.4 Å². The number of rotatable bonds is 4. The van der Waals surface area contributed by atoms with E-state index in [1.807, 2.05) is 13.0 Å². The lowest BCUT2D eigenvalue weighted by Gasteiger charge is -2.14. The van der Waals surface area contributed by atoms with E-state index < -0.39 is 17.7 Å². The van der Waals surface area contributed by atoms with Crippen LogP contribution in [0.5, 0.6) is 5.75 Å². The van der Waals surface area contributed by atoms with Crippen LogP contribution >= 0.6 is 0 Å². The van der Waals surface area contributed by atoms with Crippen molar-refractivity contribution in [2.45, 2.75) is 6.92 Å². The molecule has 0 saturated carbocycles. The number of nitrogens with one attached hydrogen (secondary N) is 1. The Morgan fingerprint density at radius 3 is 2.41 bits per heavy atom. The first-order valence-electron chi connectivity index (χ1n) is 9.03. The van der Waals surface area contributed by atoms with Crippen LogP contribution in [-0.2, 0) is 0 Å². The molecule has 3 aromatic carbocycles. The number of amides is 3. The monoisotopic (exact) mass is 386 g/mol. The molecule has 6 heteroatoms. The number of carbonyl (C=O) groups excluding carboxylic acids is 3. The summed E-state index contributed by atoms with van der Waals surface area (Å²) >= 11 is 0. The molecule has 0 bridgehead atoms. The number of ether oxygens (including phenoxy) is 1. The van der Waals surface area contributed by atoms with E-state index in [0.29, 0.717) is 17.1 Å². The second kappa shape index (κ2) is 7.24. The van der Waals surface area contributed by atoms with E-state index in [1.54, 1.807) is 42.5 Å². The van der Waals surface area contributed by atoms with Gasteiger partial charge in [0.15, 0.2) is 0 Å². The summed E-state index contributed by atoms with van der Waals surface area (Å²) in [5, 5.41) is 2.77. The molecule has 0 unspecified atom stereocenters. The maximum Gasteiger partial charge on any atom is 0.266 e. The SMILES string of the molecule is COc1ccccc1NC(=O)c1ccc2c(c1)C(=O)N(c1cccc(C)c1)C2=O. The van der Waals surface area contributed by atoms with Gasteiger partial charge >= 0.3 is 0 Å². The summed E-state index contributed by atoms with van der Waals surface area (Å²) in [7, 11) is 1.52. The van der Waals surface area contributed by atoms with Gasteiger partial charge in [-0.1, -0.05) is 24.3 Å². The molecule has 1 aliphatic rings. The van der Waals surface area contributed by atoms with Gasteiger partial charge < -0.3 is 10.1 Å². The van der Waals surface area contributed by atoms with E-state index in [-0.39, 0.29) is 16.7 Å². The van der Waals surface area contributed by atoms with Crippen molar-refractivity contribution in [1.29, 1.82) is 0 Å². The minimum atomic E-state index is -0.442. The summed E-state index contributed by atoms with van der Waals surface area (Å²) < 4.78 is 5.24. The molecule has 3 amide bonds. The summed E-state index contributed by atoms with van der Waals surface area (Å²) in [6.45, 7) is 1.89. The fourth-order valence-electron chi connectivity index (χ4n) is 3.33.